The number of carboxylic acid groups (broad SMARTS) is 1. The van der Waals surface area contributed by atoms with Crippen molar-refractivity contribution in [2.75, 3.05) is 24.7 Å². The van der Waals surface area contributed by atoms with Crippen molar-refractivity contribution in [1.82, 2.24) is 4.98 Å². The fraction of sp³-hybridized carbons (Fsp3) is 0.556. The Labute approximate surface area is 151 Å². The molecule has 0 unspecified atom stereocenters. The molecule has 1 N–H and O–H groups in total. The number of carboxylic acids is 1. The van der Waals surface area contributed by atoms with E-state index < -0.39 is 16.3 Å². The number of aliphatic carboxylic acids is 1. The predicted octanol–water partition coefficient (Wildman–Crippen LogP) is 2.67. The second kappa shape index (κ2) is 7.03. The fourth-order valence-electron chi connectivity index (χ4n) is 3.47. The first-order valence-corrected chi connectivity index (χ1v) is 8.73. The van der Waals surface area contributed by atoms with E-state index in [9.17, 15) is 20.0 Å². The quantitative estimate of drug-likeness (QED) is 0.452. The topological polar surface area (TPSA) is 106 Å². The summed E-state index contributed by atoms with van der Waals surface area (Å²) in [6, 6.07) is 3.36. The zero-order chi connectivity index (χ0) is 18.9. The van der Waals surface area contributed by atoms with E-state index in [1.165, 1.54) is 0 Å². The molecule has 140 valence electrons. The first-order valence-electron chi connectivity index (χ1n) is 8.73. The van der Waals surface area contributed by atoms with Crippen molar-refractivity contribution >= 4 is 17.5 Å². The number of carbonyl (C=O) groups is 1. The first-order chi connectivity index (χ1) is 12.3. The number of hydrogen-bond acceptors (Lipinski definition) is 6. The molecule has 2 fully saturated rings. The smallest absolute Gasteiger partial charge is 0.387 e. The molecular weight excluding hydrogens is 338 g/mol. The van der Waals surface area contributed by atoms with Crippen LogP contribution in [0.25, 0.3) is 0 Å². The molecular formula is C18H23N3O5. The lowest BCUT2D eigenvalue weighted by Crippen LogP contribution is -2.41. The summed E-state index contributed by atoms with van der Waals surface area (Å²) in [5.74, 6) is -1.27. The molecule has 26 heavy (non-hydrogen) atoms. The van der Waals surface area contributed by atoms with Gasteiger partial charge in [-0.2, -0.15) is 0 Å². The second-order valence-corrected chi connectivity index (χ2v) is 7.11. The lowest BCUT2D eigenvalue weighted by Gasteiger charge is -2.35. The normalized spacial score (nSPS) is 19.0. The van der Waals surface area contributed by atoms with Crippen molar-refractivity contribution in [3.63, 3.8) is 0 Å². The van der Waals surface area contributed by atoms with Crippen LogP contribution < -0.4 is 4.90 Å². The molecule has 2 heterocycles. The summed E-state index contributed by atoms with van der Waals surface area (Å²) in [6.45, 7) is 7.52. The van der Waals surface area contributed by atoms with Crippen molar-refractivity contribution in [3.8, 4) is 0 Å². The van der Waals surface area contributed by atoms with Gasteiger partial charge in [0, 0.05) is 25.8 Å². The third-order valence-electron chi connectivity index (χ3n) is 5.06. The minimum Gasteiger partial charge on any atom is -0.480 e. The summed E-state index contributed by atoms with van der Waals surface area (Å²) in [5.41, 5.74) is 0.498. The maximum absolute atomic E-state index is 11.7. The van der Waals surface area contributed by atoms with E-state index in [1.54, 1.807) is 12.1 Å². The maximum atomic E-state index is 11.7. The summed E-state index contributed by atoms with van der Waals surface area (Å²) >= 11 is 0. The van der Waals surface area contributed by atoms with Crippen LogP contribution in [0.5, 0.6) is 0 Å². The van der Waals surface area contributed by atoms with Gasteiger partial charge in [0.15, 0.2) is 5.69 Å². The maximum Gasteiger partial charge on any atom is 0.387 e. The third kappa shape index (κ3) is 3.41. The van der Waals surface area contributed by atoms with Crippen LogP contribution in [0, 0.1) is 10.1 Å². The number of pyridine rings is 1. The number of aromatic nitrogens is 1. The molecule has 8 nitrogen and oxygen atoms in total. The SMILES string of the molecule is C=C(C)CN(c1ccc(C2(C(=O)O)CC2)nc1[N+](=O)[O-])C1CCOCC1. The van der Waals surface area contributed by atoms with Crippen LogP contribution in [-0.4, -0.2) is 46.8 Å². The Morgan fingerprint density at radius 3 is 2.62 bits per heavy atom. The minimum atomic E-state index is -1.07. The molecule has 0 radical (unpaired) electrons. The standard InChI is InChI=1S/C18H23N3O5/c1-12(2)11-20(13-5-9-26-10-6-13)14-3-4-15(19-16(14)21(24)25)18(7-8-18)17(22)23/h3-4,13H,1,5-11H2,2H3,(H,22,23). The average molecular weight is 361 g/mol. The summed E-state index contributed by atoms with van der Waals surface area (Å²) < 4.78 is 5.40. The Hall–Kier alpha value is -2.48. The highest BCUT2D eigenvalue weighted by Gasteiger charge is 2.56. The Balaban J connectivity index is 2.01. The third-order valence-corrected chi connectivity index (χ3v) is 5.06. The highest BCUT2D eigenvalue weighted by molar-refractivity contribution is 5.84. The van der Waals surface area contributed by atoms with Crippen LogP contribution in [0.3, 0.4) is 0 Å². The molecule has 2 aliphatic rings. The molecule has 0 bridgehead atoms. The van der Waals surface area contributed by atoms with E-state index in [2.05, 4.69) is 11.6 Å². The number of nitro groups is 1. The lowest BCUT2D eigenvalue weighted by molar-refractivity contribution is -0.388. The molecule has 1 saturated heterocycles. The zero-order valence-electron chi connectivity index (χ0n) is 14.8. The Morgan fingerprint density at radius 2 is 2.12 bits per heavy atom. The van der Waals surface area contributed by atoms with E-state index in [1.807, 2.05) is 11.8 Å². The van der Waals surface area contributed by atoms with Crippen LogP contribution in [0.1, 0.15) is 38.3 Å². The first kappa shape index (κ1) is 18.3. The Kier molecular flexibility index (Phi) is 4.95. The van der Waals surface area contributed by atoms with Crippen molar-refractivity contribution in [2.24, 2.45) is 0 Å². The number of hydrogen-bond donors (Lipinski definition) is 1. The van der Waals surface area contributed by atoms with Gasteiger partial charge in [0.05, 0.1) is 0 Å². The predicted molar refractivity (Wildman–Crippen MR) is 95.4 cm³/mol. The van der Waals surface area contributed by atoms with Gasteiger partial charge >= 0.3 is 11.8 Å². The van der Waals surface area contributed by atoms with Crippen molar-refractivity contribution in [1.29, 1.82) is 0 Å². The van der Waals surface area contributed by atoms with Gasteiger partial charge < -0.3 is 24.9 Å². The molecule has 3 rings (SSSR count). The van der Waals surface area contributed by atoms with Gasteiger partial charge in [0.25, 0.3) is 0 Å². The molecule has 8 heteroatoms. The zero-order valence-corrected chi connectivity index (χ0v) is 14.8. The van der Waals surface area contributed by atoms with E-state index in [4.69, 9.17) is 4.74 Å². The Morgan fingerprint density at radius 1 is 1.46 bits per heavy atom. The highest BCUT2D eigenvalue weighted by Crippen LogP contribution is 2.48. The molecule has 1 aliphatic heterocycles. The van der Waals surface area contributed by atoms with Crippen LogP contribution in [0.4, 0.5) is 11.5 Å². The molecule has 0 spiro atoms. The number of rotatable bonds is 7. The molecule has 1 saturated carbocycles. The van der Waals surface area contributed by atoms with Crippen LogP contribution in [-0.2, 0) is 14.9 Å². The summed E-state index contributed by atoms with van der Waals surface area (Å²) in [4.78, 5) is 28.8. The van der Waals surface area contributed by atoms with Gasteiger partial charge in [0.1, 0.15) is 11.1 Å². The van der Waals surface area contributed by atoms with Gasteiger partial charge in [-0.05, 0) is 54.6 Å². The highest BCUT2D eigenvalue weighted by atomic mass is 16.6. The molecule has 1 aliphatic carbocycles. The van der Waals surface area contributed by atoms with Gasteiger partial charge in [-0.3, -0.25) is 4.79 Å². The second-order valence-electron chi connectivity index (χ2n) is 7.11. The van der Waals surface area contributed by atoms with Crippen molar-refractivity contribution < 1.29 is 19.6 Å². The lowest BCUT2D eigenvalue weighted by atomic mass is 10.0. The average Bonchev–Trinajstić information content (AvgIpc) is 3.42. The number of nitrogens with zero attached hydrogens (tertiary/aromatic N) is 3. The molecule has 1 aromatic rings. The van der Waals surface area contributed by atoms with Gasteiger partial charge in [-0.1, -0.05) is 12.2 Å². The van der Waals surface area contributed by atoms with Crippen LogP contribution >= 0.6 is 0 Å². The van der Waals surface area contributed by atoms with E-state index in [0.717, 1.165) is 18.4 Å². The van der Waals surface area contributed by atoms with E-state index in [0.29, 0.717) is 38.3 Å². The van der Waals surface area contributed by atoms with Crippen LogP contribution in [0.15, 0.2) is 24.3 Å². The van der Waals surface area contributed by atoms with Crippen molar-refractivity contribution in [2.45, 2.75) is 44.1 Å². The largest absolute Gasteiger partial charge is 0.480 e. The Bertz CT molecular complexity index is 738. The van der Waals surface area contributed by atoms with Gasteiger partial charge in [-0.25, -0.2) is 0 Å². The fourth-order valence-corrected chi connectivity index (χ4v) is 3.47. The van der Waals surface area contributed by atoms with E-state index in [-0.39, 0.29) is 17.6 Å². The molecule has 0 aromatic carbocycles. The molecule has 0 atom stereocenters. The summed E-state index contributed by atoms with van der Waals surface area (Å²) in [7, 11) is 0. The van der Waals surface area contributed by atoms with Crippen LogP contribution in [0.2, 0.25) is 0 Å². The minimum absolute atomic E-state index is 0.0983. The van der Waals surface area contributed by atoms with Crippen molar-refractivity contribution in [3.05, 3.63) is 40.1 Å². The van der Waals surface area contributed by atoms with E-state index >= 15 is 0 Å². The summed E-state index contributed by atoms with van der Waals surface area (Å²) in [5, 5.41) is 21.1. The van der Waals surface area contributed by atoms with Gasteiger partial charge in [0.2, 0.25) is 0 Å². The molecule has 0 amide bonds. The summed E-state index contributed by atoms with van der Waals surface area (Å²) in [6.07, 6.45) is 2.46. The van der Waals surface area contributed by atoms with Gasteiger partial charge in [-0.15, -0.1) is 0 Å². The molecule has 1 aromatic heterocycles. The monoisotopic (exact) mass is 361 g/mol. The number of anilines is 1. The number of ether oxygens (including phenoxy) is 1.